The van der Waals surface area contributed by atoms with Crippen molar-refractivity contribution in [3.8, 4) is 11.6 Å². The largest absolute Gasteiger partial charge is 0.434 e. The normalized spacial score (nSPS) is 10.3. The first-order valence-corrected chi connectivity index (χ1v) is 4.99. The highest BCUT2D eigenvalue weighted by Gasteiger charge is 2.09. The number of rotatable bonds is 2. The number of anilines is 1. The molecule has 0 radical (unpaired) electrons. The molecule has 0 aliphatic rings. The zero-order valence-corrected chi connectivity index (χ0v) is 9.21. The van der Waals surface area contributed by atoms with E-state index in [2.05, 4.69) is 4.98 Å². The van der Waals surface area contributed by atoms with E-state index in [1.807, 2.05) is 0 Å². The highest BCUT2D eigenvalue weighted by Crippen LogP contribution is 2.28. The molecular weight excluding hydrogens is 250 g/mol. The van der Waals surface area contributed by atoms with E-state index in [1.165, 1.54) is 12.1 Å². The van der Waals surface area contributed by atoms with Gasteiger partial charge < -0.3 is 10.5 Å². The summed E-state index contributed by atoms with van der Waals surface area (Å²) in [5, 5.41) is 0.164. The van der Waals surface area contributed by atoms with E-state index >= 15 is 0 Å². The van der Waals surface area contributed by atoms with Gasteiger partial charge in [-0.25, -0.2) is 8.78 Å². The SMILES string of the molecule is Nc1ccc(Cl)nc1Oc1ccc(F)cc1F. The second-order valence-electron chi connectivity index (χ2n) is 3.21. The lowest BCUT2D eigenvalue weighted by Gasteiger charge is -2.08. The molecule has 0 spiro atoms. The van der Waals surface area contributed by atoms with Crippen molar-refractivity contribution in [1.82, 2.24) is 4.98 Å². The molecule has 0 amide bonds. The van der Waals surface area contributed by atoms with Gasteiger partial charge in [-0.1, -0.05) is 11.6 Å². The first-order chi connectivity index (χ1) is 8.06. The summed E-state index contributed by atoms with van der Waals surface area (Å²) in [4.78, 5) is 3.79. The van der Waals surface area contributed by atoms with Gasteiger partial charge in [-0.15, -0.1) is 0 Å². The molecule has 0 fully saturated rings. The Morgan fingerprint density at radius 1 is 1.18 bits per heavy atom. The first-order valence-electron chi connectivity index (χ1n) is 4.61. The summed E-state index contributed by atoms with van der Waals surface area (Å²) in [5.74, 6) is -1.73. The molecule has 3 nitrogen and oxygen atoms in total. The standard InChI is InChI=1S/C11H7ClF2N2O/c12-10-4-2-8(15)11(16-10)17-9-3-1-6(13)5-7(9)14/h1-5H,15H2. The Bertz CT molecular complexity index is 563. The number of hydrogen-bond acceptors (Lipinski definition) is 3. The smallest absolute Gasteiger partial charge is 0.244 e. The third kappa shape index (κ3) is 2.62. The minimum absolute atomic E-state index is 0.0250. The van der Waals surface area contributed by atoms with Crippen LogP contribution < -0.4 is 10.5 Å². The van der Waals surface area contributed by atoms with E-state index in [1.54, 1.807) is 0 Å². The van der Waals surface area contributed by atoms with Gasteiger partial charge in [0.05, 0.1) is 5.69 Å². The van der Waals surface area contributed by atoms with Gasteiger partial charge in [-0.05, 0) is 24.3 Å². The Labute approximate surface area is 101 Å². The number of nitrogens with two attached hydrogens (primary N) is 1. The maximum atomic E-state index is 13.3. The van der Waals surface area contributed by atoms with E-state index in [0.717, 1.165) is 12.1 Å². The van der Waals surface area contributed by atoms with E-state index in [9.17, 15) is 8.78 Å². The Kier molecular flexibility index (Phi) is 3.10. The topological polar surface area (TPSA) is 48.1 Å². The van der Waals surface area contributed by atoms with Gasteiger partial charge in [0.25, 0.3) is 0 Å². The highest BCUT2D eigenvalue weighted by molar-refractivity contribution is 6.29. The number of nitrogens with zero attached hydrogens (tertiary/aromatic N) is 1. The summed E-state index contributed by atoms with van der Waals surface area (Å²) in [6, 6.07) is 5.87. The molecule has 0 aliphatic heterocycles. The van der Waals surface area contributed by atoms with Crippen LogP contribution in [0.4, 0.5) is 14.5 Å². The molecule has 0 saturated heterocycles. The van der Waals surface area contributed by atoms with Crippen LogP contribution in [0.3, 0.4) is 0 Å². The number of nitrogen functional groups attached to an aromatic ring is 1. The van der Waals surface area contributed by atoms with Gasteiger partial charge in [0.15, 0.2) is 11.6 Å². The molecule has 17 heavy (non-hydrogen) atoms. The summed E-state index contributed by atoms with van der Waals surface area (Å²) >= 11 is 5.65. The lowest BCUT2D eigenvalue weighted by molar-refractivity contribution is 0.426. The molecule has 0 bridgehead atoms. The molecule has 88 valence electrons. The number of hydrogen-bond donors (Lipinski definition) is 1. The molecule has 0 atom stereocenters. The van der Waals surface area contributed by atoms with Crippen molar-refractivity contribution >= 4 is 17.3 Å². The van der Waals surface area contributed by atoms with Gasteiger partial charge in [-0.2, -0.15) is 4.98 Å². The van der Waals surface area contributed by atoms with Gasteiger partial charge >= 0.3 is 0 Å². The molecule has 6 heteroatoms. The fourth-order valence-corrected chi connectivity index (χ4v) is 1.31. The van der Waals surface area contributed by atoms with Crippen molar-refractivity contribution < 1.29 is 13.5 Å². The van der Waals surface area contributed by atoms with Gasteiger partial charge in [-0.3, -0.25) is 0 Å². The van der Waals surface area contributed by atoms with Crippen LogP contribution >= 0.6 is 11.6 Å². The lowest BCUT2D eigenvalue weighted by atomic mass is 10.3. The van der Waals surface area contributed by atoms with E-state index < -0.39 is 11.6 Å². The lowest BCUT2D eigenvalue weighted by Crippen LogP contribution is -1.96. The van der Waals surface area contributed by atoms with Crippen LogP contribution in [-0.2, 0) is 0 Å². The average molecular weight is 257 g/mol. The molecule has 0 unspecified atom stereocenters. The van der Waals surface area contributed by atoms with Crippen molar-refractivity contribution in [1.29, 1.82) is 0 Å². The molecule has 0 saturated carbocycles. The zero-order chi connectivity index (χ0) is 12.4. The number of benzene rings is 1. The molecule has 1 aromatic carbocycles. The molecule has 2 rings (SSSR count). The number of halogens is 3. The van der Waals surface area contributed by atoms with Gasteiger partial charge in [0.2, 0.25) is 5.88 Å². The molecule has 2 N–H and O–H groups in total. The van der Waals surface area contributed by atoms with E-state index in [0.29, 0.717) is 6.07 Å². The summed E-state index contributed by atoms with van der Waals surface area (Å²) in [5.41, 5.74) is 5.78. The van der Waals surface area contributed by atoms with Crippen LogP contribution in [0.25, 0.3) is 0 Å². The van der Waals surface area contributed by atoms with Crippen LogP contribution in [-0.4, -0.2) is 4.98 Å². The van der Waals surface area contributed by atoms with E-state index in [4.69, 9.17) is 22.1 Å². The Balaban J connectivity index is 2.34. The van der Waals surface area contributed by atoms with Crippen molar-refractivity contribution in [3.63, 3.8) is 0 Å². The van der Waals surface area contributed by atoms with Crippen molar-refractivity contribution in [2.75, 3.05) is 5.73 Å². The fraction of sp³-hybridized carbons (Fsp3) is 0. The van der Waals surface area contributed by atoms with Crippen LogP contribution in [0.15, 0.2) is 30.3 Å². The van der Waals surface area contributed by atoms with Crippen LogP contribution in [0.5, 0.6) is 11.6 Å². The summed E-state index contributed by atoms with van der Waals surface area (Å²) in [7, 11) is 0. The molecule has 0 aliphatic carbocycles. The predicted octanol–water partition coefficient (Wildman–Crippen LogP) is 3.39. The quantitative estimate of drug-likeness (QED) is 0.838. The van der Waals surface area contributed by atoms with Crippen LogP contribution in [0, 0.1) is 11.6 Å². The highest BCUT2D eigenvalue weighted by atomic mass is 35.5. The monoisotopic (exact) mass is 256 g/mol. The minimum atomic E-state index is -0.842. The summed E-state index contributed by atoms with van der Waals surface area (Å²) in [6.45, 7) is 0. The Hall–Kier alpha value is -1.88. The predicted molar refractivity (Wildman–Crippen MR) is 60.1 cm³/mol. The fourth-order valence-electron chi connectivity index (χ4n) is 1.17. The Morgan fingerprint density at radius 3 is 2.65 bits per heavy atom. The minimum Gasteiger partial charge on any atom is -0.434 e. The van der Waals surface area contributed by atoms with E-state index in [-0.39, 0.29) is 22.5 Å². The zero-order valence-electron chi connectivity index (χ0n) is 8.45. The number of aromatic nitrogens is 1. The third-order valence-electron chi connectivity index (χ3n) is 1.96. The maximum Gasteiger partial charge on any atom is 0.244 e. The van der Waals surface area contributed by atoms with Crippen LogP contribution in [0.1, 0.15) is 0 Å². The first kappa shape index (κ1) is 11.6. The number of ether oxygens (including phenoxy) is 1. The van der Waals surface area contributed by atoms with Crippen molar-refractivity contribution in [3.05, 3.63) is 47.1 Å². The van der Waals surface area contributed by atoms with Crippen LogP contribution in [0.2, 0.25) is 5.15 Å². The second kappa shape index (κ2) is 4.55. The number of pyridine rings is 1. The molecular formula is C11H7ClF2N2O. The summed E-state index contributed by atoms with van der Waals surface area (Å²) in [6.07, 6.45) is 0. The Morgan fingerprint density at radius 2 is 1.94 bits per heavy atom. The average Bonchev–Trinajstić information content (AvgIpc) is 2.27. The van der Waals surface area contributed by atoms with Crippen molar-refractivity contribution in [2.24, 2.45) is 0 Å². The second-order valence-corrected chi connectivity index (χ2v) is 3.59. The van der Waals surface area contributed by atoms with Gasteiger partial charge in [0, 0.05) is 6.07 Å². The molecule has 1 heterocycles. The molecule has 1 aromatic heterocycles. The maximum absolute atomic E-state index is 13.3. The van der Waals surface area contributed by atoms with Gasteiger partial charge in [0.1, 0.15) is 11.0 Å². The van der Waals surface area contributed by atoms with Crippen molar-refractivity contribution in [2.45, 2.75) is 0 Å². The molecule has 2 aromatic rings. The third-order valence-corrected chi connectivity index (χ3v) is 2.17. The summed E-state index contributed by atoms with van der Waals surface area (Å²) < 4.78 is 31.1.